The molecule has 1 aromatic heterocycles. The molecule has 0 fully saturated rings. The third-order valence-electron chi connectivity index (χ3n) is 2.81. The Bertz CT molecular complexity index is 707. The molecule has 8 heteroatoms. The smallest absolute Gasteiger partial charge is 0.341 e. The third kappa shape index (κ3) is 2.69. The van der Waals surface area contributed by atoms with Gasteiger partial charge >= 0.3 is 11.7 Å². The van der Waals surface area contributed by atoms with Crippen molar-refractivity contribution in [3.05, 3.63) is 39.6 Å². The first kappa shape index (κ1) is 14.5. The number of carboxylic acids is 1. The van der Waals surface area contributed by atoms with Gasteiger partial charge < -0.3 is 14.4 Å². The predicted octanol–water partition coefficient (Wildman–Crippen LogP) is 2.66. The van der Waals surface area contributed by atoms with E-state index >= 15 is 0 Å². The van der Waals surface area contributed by atoms with Gasteiger partial charge in [0.25, 0.3) is 0 Å². The van der Waals surface area contributed by atoms with Crippen molar-refractivity contribution < 1.29 is 24.1 Å². The first-order valence-electron chi connectivity index (χ1n) is 6.06. The first-order chi connectivity index (χ1) is 9.95. The molecular weight excluding hydrogens is 280 g/mol. The second-order valence-corrected chi connectivity index (χ2v) is 4.14. The SMILES string of the molecule is CCOc1ccc(-c2noc(C)c2C(=O)O)cc1[N+](=O)[O-]. The highest BCUT2D eigenvalue weighted by molar-refractivity contribution is 5.96. The lowest BCUT2D eigenvalue weighted by Crippen LogP contribution is -2.01. The largest absolute Gasteiger partial charge is 0.487 e. The minimum Gasteiger partial charge on any atom is -0.487 e. The summed E-state index contributed by atoms with van der Waals surface area (Å²) in [6, 6.07) is 4.13. The molecule has 0 radical (unpaired) electrons. The van der Waals surface area contributed by atoms with Crippen LogP contribution in [-0.2, 0) is 0 Å². The topological polar surface area (TPSA) is 116 Å². The van der Waals surface area contributed by atoms with E-state index in [-0.39, 0.29) is 40.6 Å². The van der Waals surface area contributed by atoms with E-state index in [1.54, 1.807) is 6.92 Å². The lowest BCUT2D eigenvalue weighted by Gasteiger charge is -2.05. The fourth-order valence-electron chi connectivity index (χ4n) is 1.91. The third-order valence-corrected chi connectivity index (χ3v) is 2.81. The van der Waals surface area contributed by atoms with E-state index in [9.17, 15) is 14.9 Å². The maximum Gasteiger partial charge on any atom is 0.341 e. The van der Waals surface area contributed by atoms with Crippen LogP contribution < -0.4 is 4.74 Å². The van der Waals surface area contributed by atoms with Crippen LogP contribution in [0.15, 0.2) is 22.7 Å². The fourth-order valence-corrected chi connectivity index (χ4v) is 1.91. The number of hydrogen-bond donors (Lipinski definition) is 1. The lowest BCUT2D eigenvalue weighted by molar-refractivity contribution is -0.385. The highest BCUT2D eigenvalue weighted by Gasteiger charge is 2.24. The molecule has 0 unspecified atom stereocenters. The minimum absolute atomic E-state index is 0.0474. The normalized spacial score (nSPS) is 10.4. The zero-order chi connectivity index (χ0) is 15.6. The fraction of sp³-hybridized carbons (Fsp3) is 0.231. The molecule has 0 bridgehead atoms. The van der Waals surface area contributed by atoms with E-state index in [1.165, 1.54) is 25.1 Å². The van der Waals surface area contributed by atoms with Gasteiger partial charge in [-0.15, -0.1) is 0 Å². The Hall–Kier alpha value is -2.90. The number of aromatic nitrogens is 1. The Morgan fingerprint density at radius 2 is 2.24 bits per heavy atom. The molecule has 2 aromatic rings. The number of aryl methyl sites for hydroxylation is 1. The van der Waals surface area contributed by atoms with Crippen LogP contribution in [0.4, 0.5) is 5.69 Å². The van der Waals surface area contributed by atoms with Gasteiger partial charge in [-0.2, -0.15) is 0 Å². The molecule has 8 nitrogen and oxygen atoms in total. The summed E-state index contributed by atoms with van der Waals surface area (Å²) in [7, 11) is 0. The number of nitro benzene ring substituents is 1. The number of nitro groups is 1. The van der Waals surface area contributed by atoms with Gasteiger partial charge in [0.05, 0.1) is 11.5 Å². The second-order valence-electron chi connectivity index (χ2n) is 4.14. The van der Waals surface area contributed by atoms with Crippen LogP contribution >= 0.6 is 0 Å². The van der Waals surface area contributed by atoms with Crippen molar-refractivity contribution in [3.8, 4) is 17.0 Å². The van der Waals surface area contributed by atoms with Crippen LogP contribution in [0.1, 0.15) is 23.0 Å². The maximum absolute atomic E-state index is 11.2. The van der Waals surface area contributed by atoms with Crippen molar-refractivity contribution in [2.75, 3.05) is 6.61 Å². The molecule has 0 aliphatic carbocycles. The van der Waals surface area contributed by atoms with Crippen LogP contribution in [0.5, 0.6) is 5.75 Å². The lowest BCUT2D eigenvalue weighted by atomic mass is 10.1. The Kier molecular flexibility index (Phi) is 3.88. The molecule has 0 saturated carbocycles. The minimum atomic E-state index is -1.21. The van der Waals surface area contributed by atoms with E-state index in [0.29, 0.717) is 0 Å². The predicted molar refractivity (Wildman–Crippen MR) is 71.5 cm³/mol. The van der Waals surface area contributed by atoms with Gasteiger partial charge in [-0.25, -0.2) is 4.79 Å². The number of rotatable bonds is 5. The summed E-state index contributed by atoms with van der Waals surface area (Å²) >= 11 is 0. The number of hydrogen-bond acceptors (Lipinski definition) is 6. The summed E-state index contributed by atoms with van der Waals surface area (Å²) in [5.41, 5.74) is -0.0506. The van der Waals surface area contributed by atoms with Gasteiger partial charge in [-0.05, 0) is 26.0 Å². The standard InChI is InChI=1S/C13H12N2O6/c1-3-20-10-5-4-8(6-9(10)15(18)19)12-11(13(16)17)7(2)21-14-12/h4-6H,3H2,1-2H3,(H,16,17). The molecule has 0 saturated heterocycles. The highest BCUT2D eigenvalue weighted by Crippen LogP contribution is 2.34. The van der Waals surface area contributed by atoms with E-state index in [1.807, 2.05) is 0 Å². The molecule has 0 atom stereocenters. The Morgan fingerprint density at radius 1 is 1.52 bits per heavy atom. The van der Waals surface area contributed by atoms with Crippen LogP contribution in [0, 0.1) is 17.0 Å². The summed E-state index contributed by atoms with van der Waals surface area (Å²) in [5.74, 6) is -0.960. The average molecular weight is 292 g/mol. The van der Waals surface area contributed by atoms with Crippen LogP contribution in [0.2, 0.25) is 0 Å². The van der Waals surface area contributed by atoms with Crippen molar-refractivity contribution in [1.82, 2.24) is 5.16 Å². The number of benzene rings is 1. The highest BCUT2D eigenvalue weighted by atomic mass is 16.6. The number of nitrogens with zero attached hydrogens (tertiary/aromatic N) is 2. The molecule has 0 aliphatic rings. The van der Waals surface area contributed by atoms with E-state index in [0.717, 1.165) is 0 Å². The second kappa shape index (κ2) is 5.61. The van der Waals surface area contributed by atoms with Crippen molar-refractivity contribution in [3.63, 3.8) is 0 Å². The van der Waals surface area contributed by atoms with E-state index in [2.05, 4.69) is 5.16 Å². The van der Waals surface area contributed by atoms with Crippen molar-refractivity contribution >= 4 is 11.7 Å². The summed E-state index contributed by atoms with van der Waals surface area (Å²) in [6.45, 7) is 3.45. The molecule has 110 valence electrons. The summed E-state index contributed by atoms with van der Waals surface area (Å²) < 4.78 is 10.0. The van der Waals surface area contributed by atoms with Gasteiger partial charge in [-0.1, -0.05) is 5.16 Å². The van der Waals surface area contributed by atoms with Crippen molar-refractivity contribution in [2.45, 2.75) is 13.8 Å². The summed E-state index contributed by atoms with van der Waals surface area (Å²) in [6.07, 6.45) is 0. The molecule has 1 heterocycles. The van der Waals surface area contributed by atoms with Crippen LogP contribution in [0.25, 0.3) is 11.3 Å². The Labute approximate surface area is 119 Å². The van der Waals surface area contributed by atoms with Gasteiger partial charge in [0.15, 0.2) is 5.75 Å². The molecule has 2 rings (SSSR count). The number of carbonyl (C=O) groups is 1. The van der Waals surface area contributed by atoms with E-state index < -0.39 is 10.9 Å². The number of carboxylic acid groups (broad SMARTS) is 1. The zero-order valence-electron chi connectivity index (χ0n) is 11.3. The Morgan fingerprint density at radius 3 is 2.81 bits per heavy atom. The van der Waals surface area contributed by atoms with Gasteiger partial charge in [0.2, 0.25) is 0 Å². The number of ether oxygens (including phenoxy) is 1. The molecule has 1 N–H and O–H groups in total. The monoisotopic (exact) mass is 292 g/mol. The molecule has 0 aliphatic heterocycles. The first-order valence-corrected chi connectivity index (χ1v) is 6.06. The maximum atomic E-state index is 11.2. The van der Waals surface area contributed by atoms with Crippen molar-refractivity contribution in [1.29, 1.82) is 0 Å². The zero-order valence-corrected chi connectivity index (χ0v) is 11.3. The Balaban J connectivity index is 2.58. The average Bonchev–Trinajstić information content (AvgIpc) is 2.81. The summed E-state index contributed by atoms with van der Waals surface area (Å²) in [4.78, 5) is 21.7. The van der Waals surface area contributed by atoms with E-state index in [4.69, 9.17) is 14.4 Å². The molecule has 21 heavy (non-hydrogen) atoms. The van der Waals surface area contributed by atoms with Crippen LogP contribution in [-0.4, -0.2) is 27.8 Å². The van der Waals surface area contributed by atoms with Crippen LogP contribution in [0.3, 0.4) is 0 Å². The van der Waals surface area contributed by atoms with Crippen molar-refractivity contribution in [2.24, 2.45) is 0 Å². The summed E-state index contributed by atoms with van der Waals surface area (Å²) in [5, 5.41) is 23.9. The van der Waals surface area contributed by atoms with Gasteiger partial charge in [-0.3, -0.25) is 10.1 Å². The quantitative estimate of drug-likeness (QED) is 0.665. The molecule has 1 aromatic carbocycles. The van der Waals surface area contributed by atoms with Gasteiger partial charge in [0, 0.05) is 11.6 Å². The van der Waals surface area contributed by atoms with Gasteiger partial charge in [0.1, 0.15) is 17.0 Å². The molecular formula is C13H12N2O6. The molecule has 0 spiro atoms. The molecule has 0 amide bonds. The number of aromatic carboxylic acids is 1.